The maximum absolute atomic E-state index is 6.16. The number of hydrogen-bond acceptors (Lipinski definition) is 6. The van der Waals surface area contributed by atoms with Gasteiger partial charge in [0.15, 0.2) is 17.0 Å². The standard InChI is InChI=1S/C14H19N5O2/c1-18(2)12-11-13(16-8-15-12)19(9-17-11)5-10-3-4-14(21-10)6-20-7-14/h8-10H,3-7H2,1-2H3. The van der Waals surface area contributed by atoms with E-state index in [0.717, 1.165) is 49.6 Å². The van der Waals surface area contributed by atoms with Gasteiger partial charge in [0, 0.05) is 14.1 Å². The van der Waals surface area contributed by atoms with Crippen LogP contribution in [-0.4, -0.2) is 58.5 Å². The second-order valence-electron chi connectivity index (χ2n) is 6.12. The molecule has 2 saturated heterocycles. The van der Waals surface area contributed by atoms with Crippen LogP contribution < -0.4 is 4.90 Å². The van der Waals surface area contributed by atoms with Crippen molar-refractivity contribution in [2.45, 2.75) is 31.1 Å². The maximum atomic E-state index is 6.16. The predicted molar refractivity (Wildman–Crippen MR) is 77.3 cm³/mol. The molecule has 0 radical (unpaired) electrons. The Morgan fingerprint density at radius 1 is 1.33 bits per heavy atom. The fraction of sp³-hybridized carbons (Fsp3) is 0.643. The number of rotatable bonds is 3. The predicted octanol–water partition coefficient (Wildman–Crippen LogP) is 0.840. The number of anilines is 1. The van der Waals surface area contributed by atoms with Gasteiger partial charge in [-0.3, -0.25) is 0 Å². The minimum absolute atomic E-state index is 0.00909. The van der Waals surface area contributed by atoms with E-state index in [9.17, 15) is 0 Å². The smallest absolute Gasteiger partial charge is 0.165 e. The van der Waals surface area contributed by atoms with Gasteiger partial charge in [0.1, 0.15) is 11.9 Å². The number of aromatic nitrogens is 4. The summed E-state index contributed by atoms with van der Waals surface area (Å²) in [5, 5.41) is 0. The van der Waals surface area contributed by atoms with Gasteiger partial charge in [-0.2, -0.15) is 0 Å². The summed E-state index contributed by atoms with van der Waals surface area (Å²) in [5.41, 5.74) is 1.69. The molecule has 0 N–H and O–H groups in total. The van der Waals surface area contributed by atoms with Crippen molar-refractivity contribution in [3.63, 3.8) is 0 Å². The molecule has 0 amide bonds. The second-order valence-corrected chi connectivity index (χ2v) is 6.12. The van der Waals surface area contributed by atoms with Gasteiger partial charge in [-0.25, -0.2) is 15.0 Å². The van der Waals surface area contributed by atoms with E-state index in [0.29, 0.717) is 0 Å². The number of fused-ring (bicyclic) bond motifs is 1. The van der Waals surface area contributed by atoms with Gasteiger partial charge >= 0.3 is 0 Å². The molecule has 1 spiro atoms. The van der Waals surface area contributed by atoms with Crippen molar-refractivity contribution < 1.29 is 9.47 Å². The minimum Gasteiger partial charge on any atom is -0.375 e. The van der Waals surface area contributed by atoms with Crippen LogP contribution in [0.4, 0.5) is 5.82 Å². The summed E-state index contributed by atoms with van der Waals surface area (Å²) < 4.78 is 13.5. The molecule has 2 aliphatic rings. The van der Waals surface area contributed by atoms with Gasteiger partial charge in [-0.1, -0.05) is 0 Å². The van der Waals surface area contributed by atoms with Gasteiger partial charge in [0.25, 0.3) is 0 Å². The third kappa shape index (κ3) is 2.08. The highest BCUT2D eigenvalue weighted by Crippen LogP contribution is 2.37. The summed E-state index contributed by atoms with van der Waals surface area (Å²) in [5.74, 6) is 0.843. The van der Waals surface area contributed by atoms with Crippen molar-refractivity contribution in [2.24, 2.45) is 0 Å². The molecule has 1 unspecified atom stereocenters. The van der Waals surface area contributed by atoms with Crippen molar-refractivity contribution in [2.75, 3.05) is 32.2 Å². The van der Waals surface area contributed by atoms with E-state index in [1.54, 1.807) is 6.33 Å². The SMILES string of the molecule is CN(C)c1ncnc2c1ncn2CC1CCC2(COC2)O1. The van der Waals surface area contributed by atoms with Crippen LogP contribution in [0.2, 0.25) is 0 Å². The number of imidazole rings is 1. The summed E-state index contributed by atoms with van der Waals surface area (Å²) in [6, 6.07) is 0. The van der Waals surface area contributed by atoms with Crippen LogP contribution in [0.5, 0.6) is 0 Å². The first-order valence-corrected chi connectivity index (χ1v) is 7.26. The zero-order valence-corrected chi connectivity index (χ0v) is 12.3. The molecule has 21 heavy (non-hydrogen) atoms. The molecule has 7 heteroatoms. The maximum Gasteiger partial charge on any atom is 0.165 e. The highest BCUT2D eigenvalue weighted by atomic mass is 16.6. The fourth-order valence-corrected chi connectivity index (χ4v) is 3.11. The van der Waals surface area contributed by atoms with Crippen LogP contribution in [0.1, 0.15) is 12.8 Å². The van der Waals surface area contributed by atoms with Crippen molar-refractivity contribution in [1.82, 2.24) is 19.5 Å². The first-order chi connectivity index (χ1) is 10.2. The Balaban J connectivity index is 1.58. The quantitative estimate of drug-likeness (QED) is 0.834. The highest BCUT2D eigenvalue weighted by Gasteiger charge is 2.46. The van der Waals surface area contributed by atoms with Gasteiger partial charge < -0.3 is 18.9 Å². The molecular weight excluding hydrogens is 270 g/mol. The van der Waals surface area contributed by atoms with Crippen LogP contribution in [0, 0.1) is 0 Å². The lowest BCUT2D eigenvalue weighted by Gasteiger charge is -2.37. The Bertz CT molecular complexity index is 664. The van der Waals surface area contributed by atoms with Crippen molar-refractivity contribution in [1.29, 1.82) is 0 Å². The molecule has 2 aromatic heterocycles. The topological polar surface area (TPSA) is 65.3 Å². The van der Waals surface area contributed by atoms with Crippen molar-refractivity contribution in [3.05, 3.63) is 12.7 Å². The summed E-state index contributed by atoms with van der Waals surface area (Å²) in [4.78, 5) is 15.1. The van der Waals surface area contributed by atoms with E-state index in [4.69, 9.17) is 9.47 Å². The monoisotopic (exact) mass is 289 g/mol. The zero-order valence-electron chi connectivity index (χ0n) is 12.3. The normalized spacial score (nSPS) is 23.6. The molecule has 7 nitrogen and oxygen atoms in total. The third-order valence-electron chi connectivity index (χ3n) is 4.27. The molecule has 2 aliphatic heterocycles. The summed E-state index contributed by atoms with van der Waals surface area (Å²) >= 11 is 0. The Morgan fingerprint density at radius 3 is 2.86 bits per heavy atom. The lowest BCUT2D eigenvalue weighted by Crippen LogP contribution is -2.49. The van der Waals surface area contributed by atoms with Crippen molar-refractivity contribution in [3.8, 4) is 0 Å². The molecule has 4 rings (SSSR count). The fourth-order valence-electron chi connectivity index (χ4n) is 3.11. The van der Waals surface area contributed by atoms with Gasteiger partial charge in [-0.15, -0.1) is 0 Å². The molecule has 2 fully saturated rings. The molecule has 2 aromatic rings. The number of hydrogen-bond donors (Lipinski definition) is 0. The van der Waals surface area contributed by atoms with E-state index in [2.05, 4.69) is 19.5 Å². The molecule has 0 bridgehead atoms. The Labute approximate surface area is 122 Å². The van der Waals surface area contributed by atoms with E-state index in [1.165, 1.54) is 0 Å². The molecule has 0 aliphatic carbocycles. The lowest BCUT2D eigenvalue weighted by atomic mass is 9.98. The number of ether oxygens (including phenoxy) is 2. The van der Waals surface area contributed by atoms with Crippen LogP contribution in [0.25, 0.3) is 11.2 Å². The molecule has 1 atom stereocenters. The highest BCUT2D eigenvalue weighted by molar-refractivity contribution is 5.82. The van der Waals surface area contributed by atoms with E-state index in [1.807, 2.05) is 25.3 Å². The first kappa shape index (κ1) is 13.0. The number of nitrogens with zero attached hydrogens (tertiary/aromatic N) is 5. The minimum atomic E-state index is -0.00909. The summed E-state index contributed by atoms with van der Waals surface area (Å²) in [7, 11) is 3.92. The first-order valence-electron chi connectivity index (χ1n) is 7.26. The largest absolute Gasteiger partial charge is 0.375 e. The lowest BCUT2D eigenvalue weighted by molar-refractivity contribution is -0.201. The van der Waals surface area contributed by atoms with Crippen molar-refractivity contribution >= 4 is 17.0 Å². The molecule has 0 aromatic carbocycles. The zero-order chi connectivity index (χ0) is 14.4. The molecule has 4 heterocycles. The Hall–Kier alpha value is -1.73. The van der Waals surface area contributed by atoms with Crippen LogP contribution in [0.15, 0.2) is 12.7 Å². The van der Waals surface area contributed by atoms with Crippen LogP contribution in [-0.2, 0) is 16.0 Å². The molecule has 0 saturated carbocycles. The van der Waals surface area contributed by atoms with Gasteiger partial charge in [0.2, 0.25) is 0 Å². The third-order valence-corrected chi connectivity index (χ3v) is 4.27. The molecular formula is C14H19N5O2. The molecule has 112 valence electrons. The van der Waals surface area contributed by atoms with E-state index < -0.39 is 0 Å². The summed E-state index contributed by atoms with van der Waals surface area (Å²) in [6.45, 7) is 2.25. The second kappa shape index (κ2) is 4.64. The van der Waals surface area contributed by atoms with Gasteiger partial charge in [0.05, 0.1) is 32.2 Å². The van der Waals surface area contributed by atoms with Crippen LogP contribution >= 0.6 is 0 Å². The Kier molecular flexibility index (Phi) is 2.87. The average molecular weight is 289 g/mol. The van der Waals surface area contributed by atoms with E-state index >= 15 is 0 Å². The van der Waals surface area contributed by atoms with Crippen LogP contribution in [0.3, 0.4) is 0 Å². The summed E-state index contributed by atoms with van der Waals surface area (Å²) in [6.07, 6.45) is 5.78. The van der Waals surface area contributed by atoms with Gasteiger partial charge in [-0.05, 0) is 12.8 Å². The Morgan fingerprint density at radius 2 is 2.19 bits per heavy atom. The average Bonchev–Trinajstić information content (AvgIpc) is 3.03. The van der Waals surface area contributed by atoms with E-state index in [-0.39, 0.29) is 11.7 Å².